The smallest absolute Gasteiger partial charge is 0.267 e. The molecular weight excluding hydrogens is 323 g/mol. The molecule has 0 unspecified atom stereocenters. The van der Waals surface area contributed by atoms with Crippen LogP contribution in [-0.4, -0.2) is 30.0 Å². The summed E-state index contributed by atoms with van der Waals surface area (Å²) in [7, 11) is -6.10. The minimum absolute atomic E-state index is 0.147. The van der Waals surface area contributed by atoms with Gasteiger partial charge >= 0.3 is 15.5 Å². The first kappa shape index (κ1) is 14.5. The Balaban J connectivity index is 2.34. The van der Waals surface area contributed by atoms with Crippen molar-refractivity contribution in [1.29, 1.82) is 0 Å². The second-order valence-corrected chi connectivity index (χ2v) is 6.31. The Labute approximate surface area is 122 Å². The van der Waals surface area contributed by atoms with Crippen LogP contribution in [0.25, 0.3) is 10.8 Å². The van der Waals surface area contributed by atoms with Crippen LogP contribution in [0.1, 0.15) is 20.7 Å². The minimum Gasteiger partial charge on any atom is -0.267 e. The molecule has 2 amide bonds. The molecule has 1 aliphatic heterocycles. The summed E-state index contributed by atoms with van der Waals surface area (Å²) < 4.78 is 60.4. The summed E-state index contributed by atoms with van der Waals surface area (Å²) in [4.78, 5) is 24.3. The maximum absolute atomic E-state index is 12.7. The molecule has 0 fully saturated rings. The van der Waals surface area contributed by atoms with Crippen LogP contribution in [0.2, 0.25) is 0 Å². The first-order chi connectivity index (χ1) is 10.2. The van der Waals surface area contributed by atoms with Crippen LogP contribution < -0.4 is 0 Å². The highest BCUT2D eigenvalue weighted by molar-refractivity contribution is 7.91. The summed E-state index contributed by atoms with van der Waals surface area (Å²) in [6.45, 7) is 0. The van der Waals surface area contributed by atoms with Crippen molar-refractivity contribution in [2.24, 2.45) is 0 Å². The van der Waals surface area contributed by atoms with E-state index in [4.69, 9.17) is 0 Å². The summed E-state index contributed by atoms with van der Waals surface area (Å²) >= 11 is 0. The highest BCUT2D eigenvalue weighted by atomic mass is 32.2. The van der Waals surface area contributed by atoms with Gasteiger partial charge < -0.3 is 0 Å². The summed E-state index contributed by atoms with van der Waals surface area (Å²) in [5.74, 6) is -3.02. The van der Waals surface area contributed by atoms with Gasteiger partial charge in [0.1, 0.15) is 0 Å². The molecule has 9 heteroatoms. The molecule has 0 atom stereocenters. The largest absolute Gasteiger partial charge is 0.517 e. The Kier molecular flexibility index (Phi) is 2.83. The fourth-order valence-electron chi connectivity index (χ4n) is 2.33. The molecule has 0 spiro atoms. The van der Waals surface area contributed by atoms with E-state index in [1.807, 2.05) is 0 Å². The second kappa shape index (κ2) is 4.29. The maximum Gasteiger partial charge on any atom is 0.517 e. The van der Waals surface area contributed by atoms with Gasteiger partial charge in [-0.15, -0.1) is 0 Å². The highest BCUT2D eigenvalue weighted by Crippen LogP contribution is 2.35. The number of imide groups is 1. The van der Waals surface area contributed by atoms with Crippen LogP contribution in [0, 0.1) is 0 Å². The molecule has 5 nitrogen and oxygen atoms in total. The van der Waals surface area contributed by atoms with Gasteiger partial charge in [0.05, 0.1) is 0 Å². The van der Waals surface area contributed by atoms with Gasteiger partial charge in [-0.1, -0.05) is 24.3 Å². The molecule has 1 aliphatic rings. The van der Waals surface area contributed by atoms with Gasteiger partial charge in [0.15, 0.2) is 0 Å². The topological polar surface area (TPSA) is 71.5 Å². The Hall–Kier alpha value is -2.42. The fraction of sp³-hybridized carbons (Fsp3) is 0.0769. The molecule has 0 aliphatic carbocycles. The number of sulfonamides is 1. The molecule has 2 aromatic rings. The first-order valence-corrected chi connectivity index (χ1v) is 7.32. The van der Waals surface area contributed by atoms with E-state index in [0.29, 0.717) is 5.39 Å². The monoisotopic (exact) mass is 329 g/mol. The van der Waals surface area contributed by atoms with E-state index in [1.165, 1.54) is 24.3 Å². The van der Waals surface area contributed by atoms with E-state index in [0.717, 1.165) is 0 Å². The summed E-state index contributed by atoms with van der Waals surface area (Å²) in [5.41, 5.74) is -6.28. The molecule has 0 aromatic heterocycles. The van der Waals surface area contributed by atoms with E-state index in [-0.39, 0.29) is 16.5 Å². The van der Waals surface area contributed by atoms with E-state index in [2.05, 4.69) is 0 Å². The third kappa shape index (κ3) is 1.75. The van der Waals surface area contributed by atoms with E-state index in [9.17, 15) is 31.2 Å². The second-order valence-electron chi connectivity index (χ2n) is 4.53. The zero-order chi connectivity index (χ0) is 16.3. The number of amides is 2. The Bertz CT molecular complexity index is 883. The number of alkyl halides is 3. The lowest BCUT2D eigenvalue weighted by Crippen LogP contribution is -2.49. The zero-order valence-electron chi connectivity index (χ0n) is 10.6. The zero-order valence-corrected chi connectivity index (χ0v) is 11.4. The lowest BCUT2D eigenvalue weighted by atomic mass is 9.95. The summed E-state index contributed by atoms with van der Waals surface area (Å²) in [6.07, 6.45) is 0. The Morgan fingerprint density at radius 1 is 0.864 bits per heavy atom. The van der Waals surface area contributed by atoms with Crippen molar-refractivity contribution in [3.63, 3.8) is 0 Å². The lowest BCUT2D eigenvalue weighted by Gasteiger charge is -2.26. The van der Waals surface area contributed by atoms with Crippen LogP contribution in [0.4, 0.5) is 13.2 Å². The average molecular weight is 329 g/mol. The van der Waals surface area contributed by atoms with Gasteiger partial charge in [0.25, 0.3) is 11.8 Å². The van der Waals surface area contributed by atoms with Crippen LogP contribution in [0.5, 0.6) is 0 Å². The lowest BCUT2D eigenvalue weighted by molar-refractivity contribution is -0.0477. The molecule has 22 heavy (non-hydrogen) atoms. The number of hydrogen-bond acceptors (Lipinski definition) is 4. The number of hydrogen-bond donors (Lipinski definition) is 0. The predicted octanol–water partition coefficient (Wildman–Crippen LogP) is 2.29. The Morgan fingerprint density at radius 2 is 1.32 bits per heavy atom. The molecule has 0 saturated heterocycles. The van der Waals surface area contributed by atoms with Crippen molar-refractivity contribution in [1.82, 2.24) is 4.31 Å². The molecule has 114 valence electrons. The van der Waals surface area contributed by atoms with Crippen LogP contribution in [0.3, 0.4) is 0 Å². The first-order valence-electron chi connectivity index (χ1n) is 5.88. The standard InChI is InChI=1S/C13H6F3NO4S/c14-13(15,16)22(20,21)17-11(18)8-5-1-3-7-4-2-6-9(10(7)8)12(17)19/h1-6H. The molecular formula is C13H6F3NO4S. The van der Waals surface area contributed by atoms with Crippen molar-refractivity contribution in [2.75, 3.05) is 0 Å². The minimum atomic E-state index is -6.10. The summed E-state index contributed by atoms with van der Waals surface area (Å²) in [6, 6.07) is 8.29. The van der Waals surface area contributed by atoms with Crippen molar-refractivity contribution < 1.29 is 31.2 Å². The third-order valence-electron chi connectivity index (χ3n) is 3.27. The van der Waals surface area contributed by atoms with Gasteiger partial charge in [-0.25, -0.2) is 0 Å². The van der Waals surface area contributed by atoms with Gasteiger partial charge in [-0.3, -0.25) is 9.59 Å². The van der Waals surface area contributed by atoms with Gasteiger partial charge in [0, 0.05) is 16.5 Å². The van der Waals surface area contributed by atoms with Crippen molar-refractivity contribution in [2.45, 2.75) is 5.51 Å². The van der Waals surface area contributed by atoms with Gasteiger partial charge in [-0.05, 0) is 17.5 Å². The Morgan fingerprint density at radius 3 is 1.73 bits per heavy atom. The molecule has 1 heterocycles. The SMILES string of the molecule is O=C1c2cccc3cccc(c23)C(=O)N1S(=O)(=O)C(F)(F)F. The molecule has 0 radical (unpaired) electrons. The number of rotatable bonds is 1. The molecule has 3 rings (SSSR count). The molecule has 0 N–H and O–H groups in total. The van der Waals surface area contributed by atoms with Crippen molar-refractivity contribution in [3.8, 4) is 0 Å². The molecule has 0 saturated carbocycles. The number of carbonyl (C=O) groups is 2. The van der Waals surface area contributed by atoms with Crippen LogP contribution in [0.15, 0.2) is 36.4 Å². The quantitative estimate of drug-likeness (QED) is 0.753. The predicted molar refractivity (Wildman–Crippen MR) is 69.4 cm³/mol. The molecule has 0 bridgehead atoms. The van der Waals surface area contributed by atoms with Crippen LogP contribution >= 0.6 is 0 Å². The van der Waals surface area contributed by atoms with Crippen molar-refractivity contribution >= 4 is 32.6 Å². The van der Waals surface area contributed by atoms with E-state index >= 15 is 0 Å². The summed E-state index contributed by atoms with van der Waals surface area (Å²) in [5, 5.41) is 0.606. The average Bonchev–Trinajstić information content (AvgIpc) is 2.43. The van der Waals surface area contributed by atoms with Gasteiger partial charge in [0.2, 0.25) is 0 Å². The third-order valence-corrected chi connectivity index (χ3v) is 4.66. The van der Waals surface area contributed by atoms with E-state index < -0.39 is 31.7 Å². The number of carbonyl (C=O) groups excluding carboxylic acids is 2. The number of nitrogens with zero attached hydrogens (tertiary/aromatic N) is 1. The van der Waals surface area contributed by atoms with Crippen molar-refractivity contribution in [3.05, 3.63) is 47.5 Å². The van der Waals surface area contributed by atoms with Crippen LogP contribution in [-0.2, 0) is 10.0 Å². The molecule has 2 aromatic carbocycles. The number of halogens is 3. The number of benzene rings is 2. The van der Waals surface area contributed by atoms with E-state index in [1.54, 1.807) is 12.1 Å². The fourth-order valence-corrected chi connectivity index (χ4v) is 3.17. The maximum atomic E-state index is 12.7. The normalized spacial score (nSPS) is 15.5. The highest BCUT2D eigenvalue weighted by Gasteiger charge is 2.56. The van der Waals surface area contributed by atoms with Gasteiger partial charge in [-0.2, -0.15) is 25.9 Å².